The van der Waals surface area contributed by atoms with Gasteiger partial charge in [-0.2, -0.15) is 0 Å². The molecule has 0 radical (unpaired) electrons. The molecule has 7 heteroatoms. The Bertz CT molecular complexity index is 1080. The lowest BCUT2D eigenvalue weighted by atomic mass is 10.1. The third-order valence-corrected chi connectivity index (χ3v) is 6.48. The van der Waals surface area contributed by atoms with E-state index >= 15 is 0 Å². The summed E-state index contributed by atoms with van der Waals surface area (Å²) in [7, 11) is 0. The molecular formula is C25H26N4O2S. The van der Waals surface area contributed by atoms with Gasteiger partial charge in [-0.1, -0.05) is 54.2 Å². The topological polar surface area (TPSA) is 67.4 Å². The number of carbonyl (C=O) groups is 1. The SMILES string of the molecule is O=C(NC1CC1)c1cccc(CSc2nc(-c3ccccc3)cc(N3CCOCC3)n2)c1. The van der Waals surface area contributed by atoms with Gasteiger partial charge in [-0.15, -0.1) is 0 Å². The minimum Gasteiger partial charge on any atom is -0.378 e. The highest BCUT2D eigenvalue weighted by atomic mass is 32.2. The predicted octanol–water partition coefficient (Wildman–Crippen LogP) is 4.16. The predicted molar refractivity (Wildman–Crippen MR) is 127 cm³/mol. The van der Waals surface area contributed by atoms with Gasteiger partial charge in [0.1, 0.15) is 5.82 Å². The summed E-state index contributed by atoms with van der Waals surface area (Å²) in [6.07, 6.45) is 2.17. The van der Waals surface area contributed by atoms with Gasteiger partial charge < -0.3 is 15.0 Å². The highest BCUT2D eigenvalue weighted by molar-refractivity contribution is 7.98. The second-order valence-corrected chi connectivity index (χ2v) is 9.04. The summed E-state index contributed by atoms with van der Waals surface area (Å²) in [6.45, 7) is 3.08. The number of morpholine rings is 1. The van der Waals surface area contributed by atoms with Crippen molar-refractivity contribution in [3.05, 3.63) is 71.8 Å². The zero-order valence-corrected chi connectivity index (χ0v) is 18.7. The number of amides is 1. The van der Waals surface area contributed by atoms with Crippen molar-refractivity contribution in [2.24, 2.45) is 0 Å². The Morgan fingerprint density at radius 3 is 2.62 bits per heavy atom. The molecule has 1 saturated carbocycles. The molecule has 3 aromatic rings. The van der Waals surface area contributed by atoms with Gasteiger partial charge in [-0.3, -0.25) is 4.79 Å². The fourth-order valence-corrected chi connectivity index (χ4v) is 4.43. The molecule has 1 aliphatic carbocycles. The summed E-state index contributed by atoms with van der Waals surface area (Å²) in [5.41, 5.74) is 3.79. The highest BCUT2D eigenvalue weighted by Crippen LogP contribution is 2.28. The first kappa shape index (κ1) is 21.0. The van der Waals surface area contributed by atoms with Crippen molar-refractivity contribution in [3.8, 4) is 11.3 Å². The molecule has 6 nitrogen and oxygen atoms in total. The fourth-order valence-electron chi connectivity index (χ4n) is 3.64. The zero-order valence-electron chi connectivity index (χ0n) is 17.9. The van der Waals surface area contributed by atoms with E-state index in [0.29, 0.717) is 30.6 Å². The monoisotopic (exact) mass is 446 g/mol. The molecule has 1 amide bonds. The number of ether oxygens (including phenoxy) is 1. The van der Waals surface area contributed by atoms with E-state index in [2.05, 4.69) is 28.4 Å². The normalized spacial score (nSPS) is 16.1. The summed E-state index contributed by atoms with van der Waals surface area (Å²) in [5.74, 6) is 1.64. The maximum atomic E-state index is 12.4. The summed E-state index contributed by atoms with van der Waals surface area (Å²) in [5, 5.41) is 3.79. The van der Waals surface area contributed by atoms with Gasteiger partial charge in [-0.05, 0) is 30.5 Å². The van der Waals surface area contributed by atoms with Crippen LogP contribution in [0.3, 0.4) is 0 Å². The lowest BCUT2D eigenvalue weighted by molar-refractivity contribution is 0.0951. The Kier molecular flexibility index (Phi) is 6.36. The van der Waals surface area contributed by atoms with E-state index in [1.165, 1.54) is 0 Å². The second-order valence-electron chi connectivity index (χ2n) is 8.10. The standard InChI is InChI=1S/C25H26N4O2S/c30-24(26-21-9-10-21)20-8-4-5-18(15-20)17-32-25-27-22(19-6-2-1-3-7-19)16-23(28-25)29-11-13-31-14-12-29/h1-8,15-16,21H,9-14,17H2,(H,26,30). The molecule has 0 spiro atoms. The molecule has 1 N–H and O–H groups in total. The molecule has 1 aliphatic heterocycles. The smallest absolute Gasteiger partial charge is 0.251 e. The average molecular weight is 447 g/mol. The third kappa shape index (κ3) is 5.29. The lowest BCUT2D eigenvalue weighted by Gasteiger charge is -2.28. The Morgan fingerprint density at radius 1 is 1.03 bits per heavy atom. The molecule has 0 atom stereocenters. The van der Waals surface area contributed by atoms with E-state index in [1.807, 2.05) is 42.5 Å². The molecule has 2 heterocycles. The molecule has 2 aromatic carbocycles. The quantitative estimate of drug-likeness (QED) is 0.434. The van der Waals surface area contributed by atoms with Crippen LogP contribution in [0.1, 0.15) is 28.8 Å². The van der Waals surface area contributed by atoms with E-state index in [-0.39, 0.29) is 5.91 Å². The van der Waals surface area contributed by atoms with Crippen molar-refractivity contribution in [2.45, 2.75) is 29.8 Å². The Hall–Kier alpha value is -2.90. The first-order valence-corrected chi connectivity index (χ1v) is 12.0. The van der Waals surface area contributed by atoms with Gasteiger partial charge in [0.15, 0.2) is 5.16 Å². The number of hydrogen-bond donors (Lipinski definition) is 1. The first-order chi connectivity index (χ1) is 15.7. The van der Waals surface area contributed by atoms with Crippen LogP contribution in [0.2, 0.25) is 0 Å². The van der Waals surface area contributed by atoms with Gasteiger partial charge >= 0.3 is 0 Å². The van der Waals surface area contributed by atoms with Crippen molar-refractivity contribution in [1.82, 2.24) is 15.3 Å². The number of benzene rings is 2. The first-order valence-electron chi connectivity index (χ1n) is 11.0. The number of rotatable bonds is 7. The number of carbonyl (C=O) groups excluding carboxylic acids is 1. The number of anilines is 1. The number of nitrogens with one attached hydrogen (secondary N) is 1. The van der Waals surface area contributed by atoms with Crippen LogP contribution in [-0.4, -0.2) is 48.2 Å². The summed E-state index contributed by atoms with van der Waals surface area (Å²) in [4.78, 5) is 24.3. The maximum absolute atomic E-state index is 12.4. The summed E-state index contributed by atoms with van der Waals surface area (Å²) >= 11 is 1.60. The molecule has 164 valence electrons. The molecule has 2 aliphatic rings. The van der Waals surface area contributed by atoms with E-state index in [9.17, 15) is 4.79 Å². The molecule has 0 unspecified atom stereocenters. The van der Waals surface area contributed by atoms with Crippen molar-refractivity contribution in [3.63, 3.8) is 0 Å². The molecule has 1 saturated heterocycles. The van der Waals surface area contributed by atoms with Gasteiger partial charge in [0, 0.05) is 42.1 Å². The van der Waals surface area contributed by atoms with Crippen LogP contribution in [0.4, 0.5) is 5.82 Å². The Labute approximate surface area is 192 Å². The van der Waals surface area contributed by atoms with Crippen LogP contribution in [0.5, 0.6) is 0 Å². The minimum atomic E-state index is 0.0104. The van der Waals surface area contributed by atoms with E-state index in [0.717, 1.165) is 53.7 Å². The van der Waals surface area contributed by atoms with Gasteiger partial charge in [0.2, 0.25) is 0 Å². The highest BCUT2D eigenvalue weighted by Gasteiger charge is 2.23. The van der Waals surface area contributed by atoms with E-state index in [1.54, 1.807) is 11.8 Å². The van der Waals surface area contributed by atoms with Crippen LogP contribution < -0.4 is 10.2 Å². The van der Waals surface area contributed by atoms with E-state index < -0.39 is 0 Å². The van der Waals surface area contributed by atoms with E-state index in [4.69, 9.17) is 14.7 Å². The van der Waals surface area contributed by atoms with Crippen molar-refractivity contribution in [1.29, 1.82) is 0 Å². The molecule has 0 bridgehead atoms. The molecule has 5 rings (SSSR count). The number of hydrogen-bond acceptors (Lipinski definition) is 6. The van der Waals surface area contributed by atoms with Gasteiger partial charge in [0.05, 0.1) is 18.9 Å². The maximum Gasteiger partial charge on any atom is 0.251 e. The van der Waals surface area contributed by atoms with Gasteiger partial charge in [-0.25, -0.2) is 9.97 Å². The minimum absolute atomic E-state index is 0.0104. The largest absolute Gasteiger partial charge is 0.378 e. The molecular weight excluding hydrogens is 420 g/mol. The second kappa shape index (κ2) is 9.71. The molecule has 1 aromatic heterocycles. The van der Waals surface area contributed by atoms with Crippen molar-refractivity contribution in [2.75, 3.05) is 31.2 Å². The third-order valence-electron chi connectivity index (χ3n) is 5.57. The Morgan fingerprint density at radius 2 is 1.84 bits per heavy atom. The van der Waals surface area contributed by atoms with Crippen LogP contribution in [0, 0.1) is 0 Å². The van der Waals surface area contributed by atoms with Crippen molar-refractivity contribution < 1.29 is 9.53 Å². The van der Waals surface area contributed by atoms with Crippen LogP contribution in [-0.2, 0) is 10.5 Å². The number of nitrogens with zero attached hydrogens (tertiary/aromatic N) is 3. The van der Waals surface area contributed by atoms with Gasteiger partial charge in [0.25, 0.3) is 5.91 Å². The molecule has 2 fully saturated rings. The van der Waals surface area contributed by atoms with Crippen LogP contribution in [0.25, 0.3) is 11.3 Å². The number of thioether (sulfide) groups is 1. The lowest BCUT2D eigenvalue weighted by Crippen LogP contribution is -2.36. The average Bonchev–Trinajstić information content (AvgIpc) is 3.68. The van der Waals surface area contributed by atoms with Crippen molar-refractivity contribution >= 4 is 23.5 Å². The fraction of sp³-hybridized carbons (Fsp3) is 0.320. The van der Waals surface area contributed by atoms with Crippen LogP contribution in [0.15, 0.2) is 65.8 Å². The zero-order chi connectivity index (χ0) is 21.8. The van der Waals surface area contributed by atoms with Crippen LogP contribution >= 0.6 is 11.8 Å². The summed E-state index contributed by atoms with van der Waals surface area (Å²) in [6, 6.07) is 20.4. The summed E-state index contributed by atoms with van der Waals surface area (Å²) < 4.78 is 5.51. The molecule has 32 heavy (non-hydrogen) atoms. The number of aromatic nitrogens is 2. The Balaban J connectivity index is 1.36.